The fourth-order valence-electron chi connectivity index (χ4n) is 2.08. The van der Waals surface area contributed by atoms with Crippen molar-refractivity contribution in [3.05, 3.63) is 47.0 Å². The Balaban J connectivity index is 1.73. The molecule has 6 nitrogen and oxygen atoms in total. The van der Waals surface area contributed by atoms with Gasteiger partial charge in [0.05, 0.1) is 10.2 Å². The van der Waals surface area contributed by atoms with Gasteiger partial charge in [-0.05, 0) is 18.2 Å². The quantitative estimate of drug-likeness (QED) is 0.731. The van der Waals surface area contributed by atoms with Gasteiger partial charge in [-0.25, -0.2) is 5.43 Å². The number of rotatable bonds is 3. The second-order valence-corrected chi connectivity index (χ2v) is 5.96. The summed E-state index contributed by atoms with van der Waals surface area (Å²) in [6, 6.07) is 8.47. The Labute approximate surface area is 137 Å². The van der Waals surface area contributed by atoms with Crippen molar-refractivity contribution in [2.45, 2.75) is 12.7 Å². The molecular weight excluding hydrogens is 343 g/mol. The van der Waals surface area contributed by atoms with Gasteiger partial charge in [0, 0.05) is 13.2 Å². The zero-order valence-corrected chi connectivity index (χ0v) is 13.2. The van der Waals surface area contributed by atoms with E-state index in [0.717, 1.165) is 27.2 Å². The predicted octanol–water partition coefficient (Wildman–Crippen LogP) is 2.09. The Kier molecular flexibility index (Phi) is 4.14. The first-order valence-corrected chi connectivity index (χ1v) is 7.64. The maximum absolute atomic E-state index is 12.5. The Morgan fingerprint density at radius 3 is 2.75 bits per heavy atom. The lowest BCUT2D eigenvalue weighted by Crippen LogP contribution is -2.27. The van der Waals surface area contributed by atoms with Crippen LogP contribution in [0.2, 0.25) is 0 Å². The van der Waals surface area contributed by atoms with Crippen LogP contribution >= 0.6 is 11.3 Å². The lowest BCUT2D eigenvalue weighted by atomic mass is 10.3. The van der Waals surface area contributed by atoms with E-state index in [0.29, 0.717) is 4.80 Å². The van der Waals surface area contributed by atoms with Gasteiger partial charge in [-0.1, -0.05) is 23.5 Å². The molecule has 10 heteroatoms. The number of nitrogens with zero attached hydrogens (tertiary/aromatic N) is 4. The first kappa shape index (κ1) is 16.2. The van der Waals surface area contributed by atoms with Gasteiger partial charge in [0.25, 0.3) is 5.91 Å². The summed E-state index contributed by atoms with van der Waals surface area (Å²) in [5.41, 5.74) is 2.26. The highest BCUT2D eigenvalue weighted by atomic mass is 32.1. The molecule has 1 aromatic carbocycles. The number of hydrogen-bond acceptors (Lipinski definition) is 4. The number of para-hydroxylation sites is 1. The van der Waals surface area contributed by atoms with E-state index in [1.54, 1.807) is 0 Å². The van der Waals surface area contributed by atoms with Gasteiger partial charge in [0.1, 0.15) is 6.54 Å². The van der Waals surface area contributed by atoms with Crippen LogP contribution in [-0.2, 0) is 24.6 Å². The summed E-state index contributed by atoms with van der Waals surface area (Å²) < 4.78 is 41.1. The molecule has 0 aliphatic heterocycles. The van der Waals surface area contributed by atoms with Gasteiger partial charge in [-0.3, -0.25) is 9.48 Å². The molecule has 0 aliphatic rings. The maximum Gasteiger partial charge on any atom is 0.435 e. The Morgan fingerprint density at radius 1 is 1.33 bits per heavy atom. The van der Waals surface area contributed by atoms with Crippen molar-refractivity contribution in [1.29, 1.82) is 0 Å². The first-order valence-electron chi connectivity index (χ1n) is 6.82. The van der Waals surface area contributed by atoms with E-state index in [4.69, 9.17) is 0 Å². The minimum atomic E-state index is -4.53. The standard InChI is InChI=1S/C14H12F3N5OS/c1-21-9-4-2-3-5-10(9)24-13(21)19-18-12(23)8-22-7-6-11(20-22)14(15,16)17/h2-7H,8H2,1H3,(H,18,23)/b19-13+. The fourth-order valence-corrected chi connectivity index (χ4v) is 3.06. The highest BCUT2D eigenvalue weighted by Crippen LogP contribution is 2.27. The topological polar surface area (TPSA) is 64.2 Å². The van der Waals surface area contributed by atoms with E-state index < -0.39 is 17.8 Å². The van der Waals surface area contributed by atoms with E-state index in [1.165, 1.54) is 11.3 Å². The predicted molar refractivity (Wildman–Crippen MR) is 81.7 cm³/mol. The number of nitrogens with one attached hydrogen (secondary N) is 1. The van der Waals surface area contributed by atoms with E-state index >= 15 is 0 Å². The molecule has 0 aliphatic carbocycles. The lowest BCUT2D eigenvalue weighted by Gasteiger charge is -2.02. The summed E-state index contributed by atoms with van der Waals surface area (Å²) in [4.78, 5) is 12.4. The summed E-state index contributed by atoms with van der Waals surface area (Å²) in [5.74, 6) is -0.565. The van der Waals surface area contributed by atoms with E-state index in [9.17, 15) is 18.0 Å². The van der Waals surface area contributed by atoms with Crippen LogP contribution < -0.4 is 10.2 Å². The fraction of sp³-hybridized carbons (Fsp3) is 0.214. The monoisotopic (exact) mass is 355 g/mol. The van der Waals surface area contributed by atoms with Crippen LogP contribution in [0.3, 0.4) is 0 Å². The number of hydrogen-bond donors (Lipinski definition) is 1. The van der Waals surface area contributed by atoms with Gasteiger partial charge < -0.3 is 4.57 Å². The van der Waals surface area contributed by atoms with Gasteiger partial charge in [-0.15, -0.1) is 5.10 Å². The Hall–Kier alpha value is -2.62. The molecule has 126 valence electrons. The van der Waals surface area contributed by atoms with Crippen LogP contribution in [0.25, 0.3) is 10.2 Å². The highest BCUT2D eigenvalue weighted by molar-refractivity contribution is 7.16. The van der Waals surface area contributed by atoms with E-state index in [2.05, 4.69) is 15.6 Å². The van der Waals surface area contributed by atoms with Crippen molar-refractivity contribution in [1.82, 2.24) is 19.8 Å². The minimum absolute atomic E-state index is 0.353. The van der Waals surface area contributed by atoms with Gasteiger partial charge in [0.15, 0.2) is 5.69 Å². The van der Waals surface area contributed by atoms with Gasteiger partial charge >= 0.3 is 6.18 Å². The van der Waals surface area contributed by atoms with Gasteiger partial charge in [-0.2, -0.15) is 18.3 Å². The maximum atomic E-state index is 12.5. The molecule has 1 N–H and O–H groups in total. The molecule has 24 heavy (non-hydrogen) atoms. The number of aromatic nitrogens is 3. The number of alkyl halides is 3. The Morgan fingerprint density at radius 2 is 2.08 bits per heavy atom. The number of carbonyl (C=O) groups excluding carboxylic acids is 1. The van der Waals surface area contributed by atoms with Crippen LogP contribution in [-0.4, -0.2) is 20.3 Å². The van der Waals surface area contributed by atoms with Crippen molar-refractivity contribution in [3.63, 3.8) is 0 Å². The second-order valence-electron chi connectivity index (χ2n) is 4.95. The Bertz CT molecular complexity index is 953. The van der Waals surface area contributed by atoms with Crippen molar-refractivity contribution in [3.8, 4) is 0 Å². The second kappa shape index (κ2) is 6.11. The summed E-state index contributed by atoms with van der Waals surface area (Å²) in [6.45, 7) is -0.353. The molecule has 0 bridgehead atoms. The van der Waals surface area contributed by atoms with Gasteiger partial charge in [0.2, 0.25) is 4.80 Å². The highest BCUT2D eigenvalue weighted by Gasteiger charge is 2.33. The number of amides is 1. The van der Waals surface area contributed by atoms with Crippen LogP contribution in [0.5, 0.6) is 0 Å². The van der Waals surface area contributed by atoms with E-state index in [1.807, 2.05) is 35.9 Å². The van der Waals surface area contributed by atoms with Crippen LogP contribution in [0.15, 0.2) is 41.6 Å². The summed E-state index contributed by atoms with van der Waals surface area (Å²) in [6.07, 6.45) is -3.43. The number of aryl methyl sites for hydroxylation is 1. The molecule has 0 saturated heterocycles. The smallest absolute Gasteiger partial charge is 0.318 e. The largest absolute Gasteiger partial charge is 0.435 e. The molecule has 3 rings (SSSR count). The molecule has 0 radical (unpaired) electrons. The molecular formula is C14H12F3N5OS. The molecule has 3 aromatic rings. The van der Waals surface area contributed by atoms with Crippen molar-refractivity contribution >= 4 is 27.5 Å². The summed E-state index contributed by atoms with van der Waals surface area (Å²) >= 11 is 1.39. The molecule has 0 atom stereocenters. The average Bonchev–Trinajstić information content (AvgIpc) is 3.11. The normalized spacial score (nSPS) is 12.8. The first-order chi connectivity index (χ1) is 11.3. The molecule has 2 heterocycles. The number of halogens is 3. The molecule has 0 saturated carbocycles. The van der Waals surface area contributed by atoms with Crippen molar-refractivity contribution < 1.29 is 18.0 Å². The number of carbonyl (C=O) groups is 1. The summed E-state index contributed by atoms with van der Waals surface area (Å²) in [7, 11) is 1.81. The molecule has 1 amide bonds. The SMILES string of the molecule is Cn1/c(=N\NC(=O)Cn2ccc(C(F)(F)F)n2)sc2ccccc21. The number of benzene rings is 1. The van der Waals surface area contributed by atoms with Crippen LogP contribution in [0, 0.1) is 0 Å². The molecule has 2 aromatic heterocycles. The van der Waals surface area contributed by atoms with Crippen LogP contribution in [0.4, 0.5) is 13.2 Å². The lowest BCUT2D eigenvalue weighted by molar-refractivity contribution is -0.141. The third-order valence-corrected chi connectivity index (χ3v) is 4.34. The molecule has 0 unspecified atom stereocenters. The molecule has 0 spiro atoms. The zero-order chi connectivity index (χ0) is 17.3. The summed E-state index contributed by atoms with van der Waals surface area (Å²) in [5, 5.41) is 7.33. The average molecular weight is 355 g/mol. The minimum Gasteiger partial charge on any atom is -0.318 e. The van der Waals surface area contributed by atoms with Crippen molar-refractivity contribution in [2.75, 3.05) is 0 Å². The third-order valence-electron chi connectivity index (χ3n) is 3.23. The van der Waals surface area contributed by atoms with Crippen molar-refractivity contribution in [2.24, 2.45) is 12.1 Å². The molecule has 0 fully saturated rings. The number of fused-ring (bicyclic) bond motifs is 1. The van der Waals surface area contributed by atoms with Crippen LogP contribution in [0.1, 0.15) is 5.69 Å². The third kappa shape index (κ3) is 3.32. The number of thiazole rings is 1. The van der Waals surface area contributed by atoms with E-state index in [-0.39, 0.29) is 6.54 Å². The zero-order valence-electron chi connectivity index (χ0n) is 12.4.